The molecular weight excluding hydrogens is 524 g/mol. The van der Waals surface area contributed by atoms with Gasteiger partial charge in [0.05, 0.1) is 7.11 Å². The van der Waals surface area contributed by atoms with E-state index in [1.807, 2.05) is 84.9 Å². The van der Waals surface area contributed by atoms with Crippen molar-refractivity contribution in [2.45, 2.75) is 25.4 Å². The zero-order valence-electron chi connectivity index (χ0n) is 22.5. The summed E-state index contributed by atoms with van der Waals surface area (Å²) >= 11 is 6.10. The third-order valence-electron chi connectivity index (χ3n) is 6.51. The van der Waals surface area contributed by atoms with E-state index in [2.05, 4.69) is 5.32 Å². The van der Waals surface area contributed by atoms with E-state index in [0.29, 0.717) is 30.2 Å². The number of carbonyl (C=O) groups excluding carboxylic acids is 2. The van der Waals surface area contributed by atoms with Gasteiger partial charge < -0.3 is 19.7 Å². The first-order chi connectivity index (χ1) is 19.5. The van der Waals surface area contributed by atoms with Gasteiger partial charge in [-0.2, -0.15) is 0 Å². The quantitative estimate of drug-likeness (QED) is 0.228. The van der Waals surface area contributed by atoms with Crippen LogP contribution in [0.4, 0.5) is 0 Å². The second-order valence-electron chi connectivity index (χ2n) is 9.34. The predicted octanol–water partition coefficient (Wildman–Crippen LogP) is 5.73. The summed E-state index contributed by atoms with van der Waals surface area (Å²) in [4.78, 5) is 29.0. The number of nitrogens with one attached hydrogen (secondary N) is 1. The van der Waals surface area contributed by atoms with E-state index in [1.165, 1.54) is 0 Å². The van der Waals surface area contributed by atoms with Crippen LogP contribution in [0.3, 0.4) is 0 Å². The van der Waals surface area contributed by atoms with Crippen LogP contribution >= 0.6 is 11.6 Å². The molecule has 7 heteroatoms. The molecule has 206 valence electrons. The van der Waals surface area contributed by atoms with Crippen molar-refractivity contribution in [2.75, 3.05) is 20.3 Å². The fourth-order valence-electron chi connectivity index (χ4n) is 4.33. The van der Waals surface area contributed by atoms with E-state index in [9.17, 15) is 9.59 Å². The number of benzene rings is 4. The topological polar surface area (TPSA) is 67.9 Å². The van der Waals surface area contributed by atoms with Crippen molar-refractivity contribution in [3.63, 3.8) is 0 Å². The molecule has 0 bridgehead atoms. The average molecular weight is 557 g/mol. The lowest BCUT2D eigenvalue weighted by atomic mass is 10.0. The van der Waals surface area contributed by atoms with Crippen LogP contribution in [0.5, 0.6) is 11.5 Å². The Balaban J connectivity index is 1.54. The van der Waals surface area contributed by atoms with Crippen LogP contribution in [0.1, 0.15) is 16.7 Å². The molecule has 1 unspecified atom stereocenters. The molecule has 0 aliphatic carbocycles. The van der Waals surface area contributed by atoms with Crippen molar-refractivity contribution in [1.29, 1.82) is 0 Å². The van der Waals surface area contributed by atoms with E-state index >= 15 is 0 Å². The molecule has 4 aromatic rings. The minimum absolute atomic E-state index is 0.192. The van der Waals surface area contributed by atoms with Gasteiger partial charge in [-0.05, 0) is 59.5 Å². The van der Waals surface area contributed by atoms with Gasteiger partial charge >= 0.3 is 0 Å². The Labute approximate surface area is 240 Å². The number of hydrogen-bond acceptors (Lipinski definition) is 4. The summed E-state index contributed by atoms with van der Waals surface area (Å²) in [7, 11) is 1.63. The summed E-state index contributed by atoms with van der Waals surface area (Å²) in [6.07, 6.45) is 1.01. The maximum atomic E-state index is 13.7. The molecular formula is C33H33ClN2O4. The summed E-state index contributed by atoms with van der Waals surface area (Å²) in [6, 6.07) is 33.2. The lowest BCUT2D eigenvalue weighted by Gasteiger charge is -2.31. The molecule has 0 radical (unpaired) electrons. The highest BCUT2D eigenvalue weighted by Crippen LogP contribution is 2.18. The Morgan fingerprint density at radius 3 is 2.05 bits per heavy atom. The van der Waals surface area contributed by atoms with Crippen molar-refractivity contribution in [3.05, 3.63) is 131 Å². The largest absolute Gasteiger partial charge is 0.497 e. The number of methoxy groups -OCH3 is 1. The van der Waals surface area contributed by atoms with Gasteiger partial charge in [0.25, 0.3) is 5.91 Å². The van der Waals surface area contributed by atoms with E-state index in [0.717, 1.165) is 22.4 Å². The molecule has 1 N–H and O–H groups in total. The van der Waals surface area contributed by atoms with Crippen molar-refractivity contribution >= 4 is 23.4 Å². The molecule has 2 amide bonds. The van der Waals surface area contributed by atoms with Crippen LogP contribution < -0.4 is 14.8 Å². The lowest BCUT2D eigenvalue weighted by molar-refractivity contribution is -0.142. The molecule has 0 aromatic heterocycles. The molecule has 6 nitrogen and oxygen atoms in total. The van der Waals surface area contributed by atoms with Crippen LogP contribution in [0.15, 0.2) is 109 Å². The van der Waals surface area contributed by atoms with E-state index in [1.54, 1.807) is 36.3 Å². The number of halogens is 1. The Morgan fingerprint density at radius 1 is 0.775 bits per heavy atom. The Morgan fingerprint density at radius 2 is 1.40 bits per heavy atom. The molecule has 0 saturated carbocycles. The maximum Gasteiger partial charge on any atom is 0.261 e. The van der Waals surface area contributed by atoms with Gasteiger partial charge in [-0.15, -0.1) is 0 Å². The van der Waals surface area contributed by atoms with Crippen LogP contribution in [-0.2, 0) is 29.0 Å². The molecule has 40 heavy (non-hydrogen) atoms. The lowest BCUT2D eigenvalue weighted by Crippen LogP contribution is -2.52. The van der Waals surface area contributed by atoms with E-state index in [-0.39, 0.29) is 25.0 Å². The summed E-state index contributed by atoms with van der Waals surface area (Å²) < 4.78 is 11.0. The molecule has 4 rings (SSSR count). The number of rotatable bonds is 13. The summed E-state index contributed by atoms with van der Waals surface area (Å²) in [5, 5.41) is 3.66. The van der Waals surface area contributed by atoms with Gasteiger partial charge in [0.15, 0.2) is 6.61 Å². The van der Waals surface area contributed by atoms with Crippen molar-refractivity contribution in [1.82, 2.24) is 10.2 Å². The third-order valence-corrected chi connectivity index (χ3v) is 6.77. The highest BCUT2D eigenvalue weighted by molar-refractivity contribution is 6.30. The van der Waals surface area contributed by atoms with Crippen LogP contribution in [0.25, 0.3) is 0 Å². The molecule has 0 spiro atoms. The Bertz CT molecular complexity index is 1350. The Hall–Kier alpha value is -4.29. The molecule has 0 aliphatic heterocycles. The Kier molecular flexibility index (Phi) is 10.6. The fraction of sp³-hybridized carbons (Fsp3) is 0.212. The standard InChI is InChI=1S/C33H33ClN2O4/c1-39-29-18-14-25(15-19-29)20-21-35-33(38)31(22-26-8-4-2-5-9-26)36(23-27-12-16-28(34)17-13-27)32(37)24-40-30-10-6-3-7-11-30/h2-19,31H,20-24H2,1H3,(H,35,38). The highest BCUT2D eigenvalue weighted by Gasteiger charge is 2.30. The molecule has 1 atom stereocenters. The molecule has 4 aromatic carbocycles. The van der Waals surface area contributed by atoms with Crippen molar-refractivity contribution in [2.24, 2.45) is 0 Å². The first kappa shape index (κ1) is 28.7. The number of ether oxygens (including phenoxy) is 2. The van der Waals surface area contributed by atoms with Crippen molar-refractivity contribution < 1.29 is 19.1 Å². The van der Waals surface area contributed by atoms with Gasteiger partial charge in [-0.25, -0.2) is 0 Å². The van der Waals surface area contributed by atoms with Crippen molar-refractivity contribution in [3.8, 4) is 11.5 Å². The molecule has 0 aliphatic rings. The minimum atomic E-state index is -0.749. The third kappa shape index (κ3) is 8.61. The second-order valence-corrected chi connectivity index (χ2v) is 9.78. The SMILES string of the molecule is COc1ccc(CCNC(=O)C(Cc2ccccc2)N(Cc2ccc(Cl)cc2)C(=O)COc2ccccc2)cc1. The first-order valence-corrected chi connectivity index (χ1v) is 13.6. The van der Waals surface area contributed by atoms with Crippen LogP contribution in [0.2, 0.25) is 5.02 Å². The number of amides is 2. The van der Waals surface area contributed by atoms with Gasteiger partial charge in [0.1, 0.15) is 17.5 Å². The van der Waals surface area contributed by atoms with Crippen LogP contribution in [-0.4, -0.2) is 43.0 Å². The number of carbonyl (C=O) groups is 2. The highest BCUT2D eigenvalue weighted by atomic mass is 35.5. The predicted molar refractivity (Wildman–Crippen MR) is 158 cm³/mol. The average Bonchev–Trinajstić information content (AvgIpc) is 3.00. The number of hydrogen-bond donors (Lipinski definition) is 1. The van der Waals surface area contributed by atoms with Gasteiger partial charge in [-0.1, -0.05) is 84.4 Å². The van der Waals surface area contributed by atoms with Gasteiger partial charge in [0, 0.05) is 24.5 Å². The van der Waals surface area contributed by atoms with Gasteiger partial charge in [0.2, 0.25) is 5.91 Å². The molecule has 0 heterocycles. The smallest absolute Gasteiger partial charge is 0.261 e. The number of nitrogens with zero attached hydrogens (tertiary/aromatic N) is 1. The molecule has 0 fully saturated rings. The summed E-state index contributed by atoms with van der Waals surface area (Å²) in [6.45, 7) is 0.472. The second kappa shape index (κ2) is 14.8. The minimum Gasteiger partial charge on any atom is -0.497 e. The van der Waals surface area contributed by atoms with Gasteiger partial charge in [-0.3, -0.25) is 9.59 Å². The number of para-hydroxylation sites is 1. The maximum absolute atomic E-state index is 13.7. The summed E-state index contributed by atoms with van der Waals surface area (Å²) in [5.41, 5.74) is 2.89. The summed E-state index contributed by atoms with van der Waals surface area (Å²) in [5.74, 6) is 0.861. The zero-order chi connectivity index (χ0) is 28.2. The first-order valence-electron chi connectivity index (χ1n) is 13.2. The molecule has 0 saturated heterocycles. The van der Waals surface area contributed by atoms with E-state index in [4.69, 9.17) is 21.1 Å². The van der Waals surface area contributed by atoms with Crippen LogP contribution in [0, 0.1) is 0 Å². The monoisotopic (exact) mass is 556 g/mol. The van der Waals surface area contributed by atoms with E-state index < -0.39 is 6.04 Å². The zero-order valence-corrected chi connectivity index (χ0v) is 23.2. The normalized spacial score (nSPS) is 11.3. The fourth-order valence-corrected chi connectivity index (χ4v) is 4.45.